The molecule has 0 spiro atoms. The Morgan fingerprint density at radius 2 is 1.95 bits per heavy atom. The summed E-state index contributed by atoms with van der Waals surface area (Å²) in [4.78, 5) is 0. The minimum atomic E-state index is 0.317. The van der Waals surface area contributed by atoms with Gasteiger partial charge in [0.25, 0.3) is 0 Å². The van der Waals surface area contributed by atoms with Gasteiger partial charge in [0.2, 0.25) is 0 Å². The Hall–Kier alpha value is -1.52. The van der Waals surface area contributed by atoms with Crippen LogP contribution in [0.25, 0.3) is 0 Å². The Bertz CT molecular complexity index is 512. The molecule has 20 heavy (non-hydrogen) atoms. The van der Waals surface area contributed by atoms with Crippen LogP contribution in [0.1, 0.15) is 53.9 Å². The molecular formula is C20H28. The van der Waals surface area contributed by atoms with Gasteiger partial charge in [0.05, 0.1) is 0 Å². The normalized spacial score (nSPS) is 19.8. The fraction of sp³-hybridized carbons (Fsp3) is 0.450. The fourth-order valence-corrected chi connectivity index (χ4v) is 2.68. The predicted octanol–water partition coefficient (Wildman–Crippen LogP) is 6.30. The van der Waals surface area contributed by atoms with E-state index in [1.54, 1.807) is 5.57 Å². The summed E-state index contributed by atoms with van der Waals surface area (Å²) in [5, 5.41) is 0. The summed E-state index contributed by atoms with van der Waals surface area (Å²) in [5.41, 5.74) is 8.57. The molecule has 0 saturated heterocycles. The highest BCUT2D eigenvalue weighted by atomic mass is 14.3. The van der Waals surface area contributed by atoms with E-state index in [9.17, 15) is 0 Å². The lowest BCUT2D eigenvalue weighted by Crippen LogP contribution is -2.19. The van der Waals surface area contributed by atoms with Crippen LogP contribution >= 0.6 is 0 Å². The van der Waals surface area contributed by atoms with Crippen molar-refractivity contribution in [2.45, 2.75) is 53.9 Å². The van der Waals surface area contributed by atoms with Crippen LogP contribution in [0.2, 0.25) is 0 Å². The van der Waals surface area contributed by atoms with Crippen LogP contribution in [-0.4, -0.2) is 0 Å². The van der Waals surface area contributed by atoms with Crippen molar-refractivity contribution < 1.29 is 0 Å². The smallest absolute Gasteiger partial charge is 0.00976 e. The molecule has 0 nitrogen and oxygen atoms in total. The number of rotatable bonds is 4. The van der Waals surface area contributed by atoms with Crippen LogP contribution in [0.3, 0.4) is 0 Å². The molecule has 0 saturated carbocycles. The minimum absolute atomic E-state index is 0.317. The second kappa shape index (κ2) is 7.31. The van der Waals surface area contributed by atoms with Crippen LogP contribution in [0.15, 0.2) is 65.0 Å². The van der Waals surface area contributed by atoms with Gasteiger partial charge in [-0.2, -0.15) is 0 Å². The maximum atomic E-state index is 3.63. The van der Waals surface area contributed by atoms with Gasteiger partial charge in [0, 0.05) is 0 Å². The third-order valence-corrected chi connectivity index (χ3v) is 4.04. The van der Waals surface area contributed by atoms with Crippen molar-refractivity contribution >= 4 is 0 Å². The van der Waals surface area contributed by atoms with Crippen LogP contribution in [0.5, 0.6) is 0 Å². The molecule has 0 atom stereocenters. The zero-order chi connectivity index (χ0) is 15.2. The van der Waals surface area contributed by atoms with Gasteiger partial charge in [0.1, 0.15) is 0 Å². The topological polar surface area (TPSA) is 0 Å². The number of hydrogen-bond acceptors (Lipinski definition) is 0. The summed E-state index contributed by atoms with van der Waals surface area (Å²) in [5.74, 6) is 0. The monoisotopic (exact) mass is 268 g/mol. The van der Waals surface area contributed by atoms with E-state index in [2.05, 4.69) is 64.3 Å². The lowest BCUT2D eigenvalue weighted by molar-refractivity contribution is 0.377. The first-order valence-electron chi connectivity index (χ1n) is 7.47. The van der Waals surface area contributed by atoms with Crippen LogP contribution in [0.4, 0.5) is 0 Å². The summed E-state index contributed by atoms with van der Waals surface area (Å²) in [6, 6.07) is 0. The summed E-state index contributed by atoms with van der Waals surface area (Å²) in [7, 11) is 0. The molecule has 1 rings (SSSR count). The van der Waals surface area contributed by atoms with Crippen molar-refractivity contribution in [3.63, 3.8) is 0 Å². The Balaban J connectivity index is 2.84. The van der Waals surface area contributed by atoms with E-state index < -0.39 is 0 Å². The first-order chi connectivity index (χ1) is 9.36. The molecule has 0 heteroatoms. The van der Waals surface area contributed by atoms with E-state index in [-0.39, 0.29) is 0 Å². The third-order valence-electron chi connectivity index (χ3n) is 4.04. The van der Waals surface area contributed by atoms with Gasteiger partial charge < -0.3 is 0 Å². The lowest BCUT2D eigenvalue weighted by atomic mass is 9.72. The summed E-state index contributed by atoms with van der Waals surface area (Å²) >= 11 is 0. The molecule has 0 fully saturated rings. The van der Waals surface area contributed by atoms with E-state index in [0.717, 1.165) is 5.57 Å². The number of allylic oxidation sites excluding steroid dienone is 9. The van der Waals surface area contributed by atoms with Crippen molar-refractivity contribution in [3.05, 3.63) is 65.0 Å². The lowest BCUT2D eigenvalue weighted by Gasteiger charge is -2.32. The molecule has 1 aliphatic carbocycles. The van der Waals surface area contributed by atoms with Gasteiger partial charge in [-0.3, -0.25) is 0 Å². The van der Waals surface area contributed by atoms with Gasteiger partial charge in [0.15, 0.2) is 0 Å². The van der Waals surface area contributed by atoms with Crippen molar-refractivity contribution in [2.24, 2.45) is 5.41 Å². The van der Waals surface area contributed by atoms with Crippen molar-refractivity contribution in [2.75, 3.05) is 0 Å². The van der Waals surface area contributed by atoms with Gasteiger partial charge >= 0.3 is 0 Å². The van der Waals surface area contributed by atoms with Gasteiger partial charge in [-0.05, 0) is 56.6 Å². The molecule has 0 heterocycles. The molecule has 0 aliphatic heterocycles. The SMILES string of the molecule is C=C=C(C)/C=C/C=C(C)/C=C/C1=C(C)CCCC1(C)C. The van der Waals surface area contributed by atoms with Crippen molar-refractivity contribution in [3.8, 4) is 0 Å². The Morgan fingerprint density at radius 1 is 1.25 bits per heavy atom. The molecule has 0 unspecified atom stereocenters. The van der Waals surface area contributed by atoms with E-state index in [1.165, 1.54) is 30.4 Å². The summed E-state index contributed by atoms with van der Waals surface area (Å²) in [6.07, 6.45) is 14.6. The highest BCUT2D eigenvalue weighted by molar-refractivity contribution is 5.37. The Morgan fingerprint density at radius 3 is 2.55 bits per heavy atom. The largest absolute Gasteiger partial charge is 0.125 e. The van der Waals surface area contributed by atoms with E-state index in [0.29, 0.717) is 5.41 Å². The van der Waals surface area contributed by atoms with Crippen molar-refractivity contribution in [1.82, 2.24) is 0 Å². The van der Waals surface area contributed by atoms with Crippen LogP contribution in [0, 0.1) is 5.41 Å². The minimum Gasteiger partial charge on any atom is -0.125 e. The summed E-state index contributed by atoms with van der Waals surface area (Å²) < 4.78 is 0. The molecule has 0 aromatic heterocycles. The van der Waals surface area contributed by atoms with Gasteiger partial charge in [-0.25, -0.2) is 0 Å². The quantitative estimate of drug-likeness (QED) is 0.414. The van der Waals surface area contributed by atoms with Gasteiger partial charge in [-0.15, -0.1) is 5.73 Å². The molecule has 0 aromatic rings. The van der Waals surface area contributed by atoms with Crippen molar-refractivity contribution in [1.29, 1.82) is 0 Å². The summed E-state index contributed by atoms with van der Waals surface area (Å²) in [6.45, 7) is 14.7. The average molecular weight is 268 g/mol. The maximum Gasteiger partial charge on any atom is -0.00976 e. The third kappa shape index (κ3) is 4.87. The highest BCUT2D eigenvalue weighted by Gasteiger charge is 2.26. The van der Waals surface area contributed by atoms with Gasteiger partial charge in [-0.1, -0.05) is 62.0 Å². The highest BCUT2D eigenvalue weighted by Crippen LogP contribution is 2.40. The number of hydrogen-bond donors (Lipinski definition) is 0. The Labute approximate surface area is 125 Å². The predicted molar refractivity (Wildman–Crippen MR) is 90.7 cm³/mol. The molecule has 0 radical (unpaired) electrons. The molecule has 1 aliphatic rings. The molecule has 0 N–H and O–H groups in total. The van der Waals surface area contributed by atoms with Crippen LogP contribution in [-0.2, 0) is 0 Å². The molecule has 0 amide bonds. The van der Waals surface area contributed by atoms with Crippen LogP contribution < -0.4 is 0 Å². The molecule has 108 valence electrons. The Kier molecular flexibility index (Phi) is 6.05. The molecular weight excluding hydrogens is 240 g/mol. The first kappa shape index (κ1) is 16.5. The maximum absolute atomic E-state index is 3.63. The van der Waals surface area contributed by atoms with E-state index >= 15 is 0 Å². The standard InChI is InChI=1S/C20H28/c1-7-16(2)10-8-11-17(3)13-14-19-18(4)12-9-15-20(19,5)6/h8,10-11,13-14H,1,9,12,15H2,2-6H3/b10-8+,14-13+,17-11+. The fourth-order valence-electron chi connectivity index (χ4n) is 2.68. The van der Waals surface area contributed by atoms with E-state index in [4.69, 9.17) is 0 Å². The zero-order valence-electron chi connectivity index (χ0n) is 13.7. The zero-order valence-corrected chi connectivity index (χ0v) is 13.7. The average Bonchev–Trinajstić information content (AvgIpc) is 2.37. The molecule has 0 aromatic carbocycles. The van der Waals surface area contributed by atoms with E-state index in [1.807, 2.05) is 13.0 Å². The molecule has 0 bridgehead atoms. The second-order valence-electron chi connectivity index (χ2n) is 6.39. The first-order valence-corrected chi connectivity index (χ1v) is 7.47. The second-order valence-corrected chi connectivity index (χ2v) is 6.39.